The van der Waals surface area contributed by atoms with Crippen LogP contribution in [0, 0.1) is 0 Å². The third-order valence-corrected chi connectivity index (χ3v) is 7.59. The van der Waals surface area contributed by atoms with Gasteiger partial charge in [-0.1, -0.05) is 45.0 Å². The molecule has 32 heavy (non-hydrogen) atoms. The maximum absolute atomic E-state index is 12.9. The predicted molar refractivity (Wildman–Crippen MR) is 127 cm³/mol. The monoisotopic (exact) mass is 457 g/mol. The van der Waals surface area contributed by atoms with Crippen LogP contribution in [0.5, 0.6) is 0 Å². The first-order valence-electron chi connectivity index (χ1n) is 10.7. The lowest BCUT2D eigenvalue weighted by molar-refractivity contribution is -0.143. The number of nitrogens with one attached hydrogen (secondary N) is 1. The molecule has 1 N–H and O–H groups in total. The van der Waals surface area contributed by atoms with Crippen molar-refractivity contribution >= 4 is 35.8 Å². The second kappa shape index (κ2) is 8.65. The zero-order chi connectivity index (χ0) is 23.9. The minimum atomic E-state index is -0.917. The Kier molecular flexibility index (Phi) is 6.62. The summed E-state index contributed by atoms with van der Waals surface area (Å²) < 4.78 is 17.1. The molecule has 0 saturated carbocycles. The molecule has 1 unspecified atom stereocenters. The van der Waals surface area contributed by atoms with E-state index in [2.05, 4.69) is 26.1 Å². The Bertz CT molecular complexity index is 975. The van der Waals surface area contributed by atoms with Crippen LogP contribution in [-0.4, -0.2) is 37.3 Å². The third-order valence-electron chi connectivity index (χ3n) is 6.08. The minimum absolute atomic E-state index is 0.0473. The number of ether oxygens (including phenoxy) is 1. The standard InChI is InChI=1S/C24H32BNO5S/c1-22(2,3)18-14-13-17(32-18)20(27)26-19(21(28)29-8)15-9-11-16(12-10-15)25-30-23(4,5)24(6,7)31-25/h9-14,19H,1-8H3,(H,26,27). The van der Waals surface area contributed by atoms with Crippen molar-refractivity contribution in [2.75, 3.05) is 7.11 Å². The molecule has 8 heteroatoms. The minimum Gasteiger partial charge on any atom is -0.467 e. The first-order chi connectivity index (χ1) is 14.7. The molecule has 2 aromatic rings. The van der Waals surface area contributed by atoms with Gasteiger partial charge in [-0.25, -0.2) is 4.79 Å². The van der Waals surface area contributed by atoms with E-state index in [4.69, 9.17) is 14.0 Å². The Balaban J connectivity index is 1.79. The highest BCUT2D eigenvalue weighted by atomic mass is 32.1. The van der Waals surface area contributed by atoms with Crippen LogP contribution in [0.4, 0.5) is 0 Å². The van der Waals surface area contributed by atoms with Crippen molar-refractivity contribution in [1.82, 2.24) is 5.32 Å². The molecule has 2 heterocycles. The van der Waals surface area contributed by atoms with Gasteiger partial charge in [0.1, 0.15) is 0 Å². The third kappa shape index (κ3) is 4.92. The van der Waals surface area contributed by atoms with Gasteiger partial charge in [-0.15, -0.1) is 11.3 Å². The second-order valence-electron chi connectivity index (χ2n) is 10.1. The Hall–Kier alpha value is -2.16. The van der Waals surface area contributed by atoms with Crippen molar-refractivity contribution in [2.45, 2.75) is 71.1 Å². The zero-order valence-corrected chi connectivity index (χ0v) is 20.9. The van der Waals surface area contributed by atoms with Crippen molar-refractivity contribution in [3.05, 3.63) is 51.7 Å². The molecule has 1 amide bonds. The SMILES string of the molecule is COC(=O)C(NC(=O)c1ccc(C(C)(C)C)s1)c1ccc(B2OC(C)(C)C(C)(C)O2)cc1. The van der Waals surface area contributed by atoms with Gasteiger partial charge < -0.3 is 19.4 Å². The molecule has 1 saturated heterocycles. The summed E-state index contributed by atoms with van der Waals surface area (Å²) in [5.74, 6) is -0.842. The van der Waals surface area contributed by atoms with Crippen LogP contribution in [0.1, 0.15) is 74.6 Å². The molecule has 172 valence electrons. The molecule has 1 aliphatic rings. The number of methoxy groups -OCH3 is 1. The molecule has 0 bridgehead atoms. The van der Waals surface area contributed by atoms with Gasteiger partial charge in [0, 0.05) is 4.88 Å². The number of esters is 1. The fraction of sp³-hybridized carbons (Fsp3) is 0.500. The maximum Gasteiger partial charge on any atom is 0.494 e. The van der Waals surface area contributed by atoms with Gasteiger partial charge in [0.2, 0.25) is 0 Å². The highest BCUT2D eigenvalue weighted by Crippen LogP contribution is 2.36. The summed E-state index contributed by atoms with van der Waals surface area (Å²) in [7, 11) is 0.811. The normalized spacial score (nSPS) is 18.3. The number of hydrogen-bond donors (Lipinski definition) is 1. The molecular formula is C24H32BNO5S. The number of carbonyl (C=O) groups is 2. The first kappa shape index (κ1) is 24.5. The molecule has 1 aromatic carbocycles. The fourth-order valence-corrected chi connectivity index (χ4v) is 4.25. The molecule has 1 aliphatic heterocycles. The van der Waals surface area contributed by atoms with Crippen molar-refractivity contribution < 1.29 is 23.6 Å². The quantitative estimate of drug-likeness (QED) is 0.543. The number of thiophene rings is 1. The van der Waals surface area contributed by atoms with Gasteiger partial charge in [0.15, 0.2) is 6.04 Å². The van der Waals surface area contributed by atoms with E-state index >= 15 is 0 Å². The number of benzene rings is 1. The number of rotatable bonds is 5. The van der Waals surface area contributed by atoms with E-state index in [-0.39, 0.29) is 11.3 Å². The van der Waals surface area contributed by atoms with E-state index in [0.717, 1.165) is 10.3 Å². The van der Waals surface area contributed by atoms with Crippen molar-refractivity contribution in [3.8, 4) is 0 Å². The first-order valence-corrected chi connectivity index (χ1v) is 11.5. The zero-order valence-electron chi connectivity index (χ0n) is 20.1. The van der Waals surface area contributed by atoms with Crippen LogP contribution >= 0.6 is 11.3 Å². The molecule has 0 radical (unpaired) electrons. The summed E-state index contributed by atoms with van der Waals surface area (Å²) in [6.07, 6.45) is 0. The number of amides is 1. The van der Waals surface area contributed by atoms with Crippen molar-refractivity contribution in [2.24, 2.45) is 0 Å². The van der Waals surface area contributed by atoms with Crippen LogP contribution in [0.15, 0.2) is 36.4 Å². The lowest BCUT2D eigenvalue weighted by Gasteiger charge is -2.32. The Morgan fingerprint density at radius 1 is 1.00 bits per heavy atom. The Morgan fingerprint density at radius 2 is 1.56 bits per heavy atom. The van der Waals surface area contributed by atoms with Gasteiger partial charge in [-0.05, 0) is 56.3 Å². The van der Waals surface area contributed by atoms with Gasteiger partial charge >= 0.3 is 13.1 Å². The number of hydrogen-bond acceptors (Lipinski definition) is 6. The molecule has 1 fully saturated rings. The molecule has 3 rings (SSSR count). The predicted octanol–water partition coefficient (Wildman–Crippen LogP) is 3.99. The van der Waals surface area contributed by atoms with Crippen LogP contribution in [0.3, 0.4) is 0 Å². The van der Waals surface area contributed by atoms with E-state index in [1.165, 1.54) is 18.4 Å². The second-order valence-corrected chi connectivity index (χ2v) is 11.2. The van der Waals surface area contributed by atoms with Crippen molar-refractivity contribution in [1.29, 1.82) is 0 Å². The molecule has 0 spiro atoms. The maximum atomic E-state index is 12.9. The summed E-state index contributed by atoms with van der Waals surface area (Å²) in [4.78, 5) is 27.0. The summed E-state index contributed by atoms with van der Waals surface area (Å²) in [5.41, 5.74) is 0.541. The molecule has 1 atom stereocenters. The van der Waals surface area contributed by atoms with Crippen LogP contribution in [0.2, 0.25) is 0 Å². The molecule has 1 aromatic heterocycles. The topological polar surface area (TPSA) is 73.9 Å². The Labute approximate surface area is 194 Å². The Morgan fingerprint density at radius 3 is 2.03 bits per heavy atom. The summed E-state index contributed by atoms with van der Waals surface area (Å²) in [6, 6.07) is 10.1. The summed E-state index contributed by atoms with van der Waals surface area (Å²) in [6.45, 7) is 14.3. The van der Waals surface area contributed by atoms with E-state index in [1.54, 1.807) is 18.2 Å². The summed E-state index contributed by atoms with van der Waals surface area (Å²) >= 11 is 1.43. The van der Waals surface area contributed by atoms with Gasteiger partial charge in [0.25, 0.3) is 5.91 Å². The lowest BCUT2D eigenvalue weighted by Crippen LogP contribution is -2.41. The van der Waals surface area contributed by atoms with E-state index in [9.17, 15) is 9.59 Å². The van der Waals surface area contributed by atoms with E-state index < -0.39 is 30.3 Å². The molecule has 0 aliphatic carbocycles. The fourth-order valence-electron chi connectivity index (χ4n) is 3.29. The van der Waals surface area contributed by atoms with Crippen LogP contribution in [-0.2, 0) is 24.3 Å². The summed E-state index contributed by atoms with van der Waals surface area (Å²) in [5, 5.41) is 2.81. The molecule has 6 nitrogen and oxygen atoms in total. The lowest BCUT2D eigenvalue weighted by atomic mass is 9.78. The highest BCUT2D eigenvalue weighted by molar-refractivity contribution is 7.14. The largest absolute Gasteiger partial charge is 0.494 e. The average Bonchev–Trinajstić information content (AvgIpc) is 3.28. The molecular weight excluding hydrogens is 425 g/mol. The average molecular weight is 457 g/mol. The van der Waals surface area contributed by atoms with Crippen LogP contribution in [0.25, 0.3) is 0 Å². The van der Waals surface area contributed by atoms with Gasteiger partial charge in [-0.3, -0.25) is 4.79 Å². The van der Waals surface area contributed by atoms with Gasteiger partial charge in [-0.2, -0.15) is 0 Å². The number of carbonyl (C=O) groups excluding carboxylic acids is 2. The smallest absolute Gasteiger partial charge is 0.467 e. The highest BCUT2D eigenvalue weighted by Gasteiger charge is 2.51. The van der Waals surface area contributed by atoms with E-state index in [0.29, 0.717) is 10.4 Å². The van der Waals surface area contributed by atoms with Gasteiger partial charge in [0.05, 0.1) is 23.2 Å². The van der Waals surface area contributed by atoms with Crippen molar-refractivity contribution in [3.63, 3.8) is 0 Å². The van der Waals surface area contributed by atoms with Crippen LogP contribution < -0.4 is 10.8 Å². The van der Waals surface area contributed by atoms with E-state index in [1.807, 2.05) is 45.9 Å².